The molecular formula is C23H27N3O3. The number of H-pyrrole nitrogens is 1. The fraction of sp³-hybridized carbons (Fsp3) is 0.304. The van der Waals surface area contributed by atoms with Crippen LogP contribution in [-0.4, -0.2) is 29.6 Å². The molecule has 0 aliphatic carbocycles. The van der Waals surface area contributed by atoms with Crippen molar-refractivity contribution in [2.75, 3.05) is 11.9 Å². The van der Waals surface area contributed by atoms with Crippen LogP contribution in [-0.2, 0) is 16.0 Å². The minimum Gasteiger partial charge on any atom is -0.449 e. The van der Waals surface area contributed by atoms with E-state index in [9.17, 15) is 9.59 Å². The van der Waals surface area contributed by atoms with Crippen LogP contribution in [0, 0.1) is 12.8 Å². The van der Waals surface area contributed by atoms with Gasteiger partial charge < -0.3 is 20.4 Å². The van der Waals surface area contributed by atoms with E-state index in [1.54, 1.807) is 0 Å². The Balaban J connectivity index is 1.79. The number of aryl methyl sites for hydroxylation is 1. The summed E-state index contributed by atoms with van der Waals surface area (Å²) in [5.74, 6) is -0.0697. The molecule has 3 N–H and O–H groups in total. The van der Waals surface area contributed by atoms with Crippen molar-refractivity contribution in [2.24, 2.45) is 5.92 Å². The fourth-order valence-corrected chi connectivity index (χ4v) is 3.09. The molecule has 6 nitrogen and oxygen atoms in total. The van der Waals surface area contributed by atoms with Gasteiger partial charge in [0, 0.05) is 29.2 Å². The second kappa shape index (κ2) is 9.28. The highest BCUT2D eigenvalue weighted by molar-refractivity contribution is 5.97. The smallest absolute Gasteiger partial charge is 0.407 e. The topological polar surface area (TPSA) is 83.2 Å². The number of hydrogen-bond donors (Lipinski definition) is 3. The number of anilines is 1. The van der Waals surface area contributed by atoms with Crippen LogP contribution in [0.15, 0.2) is 54.7 Å². The number of para-hydroxylation sites is 2. The van der Waals surface area contributed by atoms with Crippen molar-refractivity contribution in [1.82, 2.24) is 10.3 Å². The fourth-order valence-electron chi connectivity index (χ4n) is 3.09. The van der Waals surface area contributed by atoms with Gasteiger partial charge in [0.1, 0.15) is 6.04 Å². The Hall–Kier alpha value is -3.28. The highest BCUT2D eigenvalue weighted by atomic mass is 16.5. The Labute approximate surface area is 170 Å². The average molecular weight is 393 g/mol. The number of carbonyl (C=O) groups excluding carboxylic acids is 2. The molecule has 0 unspecified atom stereocenters. The van der Waals surface area contributed by atoms with Gasteiger partial charge in [-0.05, 0) is 36.1 Å². The number of ether oxygens (including phenoxy) is 1. The van der Waals surface area contributed by atoms with E-state index in [1.165, 1.54) is 0 Å². The molecule has 0 aliphatic heterocycles. The summed E-state index contributed by atoms with van der Waals surface area (Å²) in [7, 11) is 0. The van der Waals surface area contributed by atoms with Crippen LogP contribution in [0.5, 0.6) is 0 Å². The zero-order valence-electron chi connectivity index (χ0n) is 17.0. The Morgan fingerprint density at radius 3 is 2.55 bits per heavy atom. The molecule has 1 atom stereocenters. The molecule has 2 aromatic carbocycles. The summed E-state index contributed by atoms with van der Waals surface area (Å²) in [6.07, 6.45) is 1.63. The molecule has 6 heteroatoms. The number of nitrogens with one attached hydrogen (secondary N) is 3. The maximum atomic E-state index is 13.0. The molecule has 0 aliphatic rings. The van der Waals surface area contributed by atoms with E-state index in [2.05, 4.69) is 15.6 Å². The first kappa shape index (κ1) is 20.5. The van der Waals surface area contributed by atoms with Gasteiger partial charge in [-0.15, -0.1) is 0 Å². The lowest BCUT2D eigenvalue weighted by Gasteiger charge is -2.19. The summed E-state index contributed by atoms with van der Waals surface area (Å²) < 4.78 is 5.23. The minimum atomic E-state index is -0.770. The van der Waals surface area contributed by atoms with Gasteiger partial charge in [0.05, 0.1) is 6.61 Å². The Bertz CT molecular complexity index is 994. The van der Waals surface area contributed by atoms with Crippen LogP contribution in [0.3, 0.4) is 0 Å². The van der Waals surface area contributed by atoms with Gasteiger partial charge in [-0.2, -0.15) is 0 Å². The molecule has 0 saturated heterocycles. The predicted octanol–water partition coefficient (Wildman–Crippen LogP) is 4.41. The van der Waals surface area contributed by atoms with E-state index in [-0.39, 0.29) is 11.8 Å². The lowest BCUT2D eigenvalue weighted by Crippen LogP contribution is -2.45. The van der Waals surface area contributed by atoms with E-state index in [0.717, 1.165) is 27.7 Å². The van der Waals surface area contributed by atoms with Crippen LogP contribution in [0.4, 0.5) is 10.5 Å². The normalized spacial score (nSPS) is 12.0. The molecule has 29 heavy (non-hydrogen) atoms. The minimum absolute atomic E-state index is 0.216. The molecule has 2 amide bonds. The molecular weight excluding hydrogens is 366 g/mol. The Kier molecular flexibility index (Phi) is 6.54. The molecule has 0 fully saturated rings. The summed E-state index contributed by atoms with van der Waals surface area (Å²) in [6.45, 7) is 6.14. The first-order valence-corrected chi connectivity index (χ1v) is 9.79. The monoisotopic (exact) mass is 393 g/mol. The van der Waals surface area contributed by atoms with E-state index in [0.29, 0.717) is 13.0 Å². The van der Waals surface area contributed by atoms with Gasteiger partial charge in [-0.3, -0.25) is 4.79 Å². The number of alkyl carbamates (subject to hydrolysis) is 1. The summed E-state index contributed by atoms with van der Waals surface area (Å²) in [6, 6.07) is 14.6. The van der Waals surface area contributed by atoms with Gasteiger partial charge in [0.2, 0.25) is 5.91 Å². The number of benzene rings is 2. The van der Waals surface area contributed by atoms with Crippen molar-refractivity contribution in [3.8, 4) is 0 Å². The van der Waals surface area contributed by atoms with Crippen molar-refractivity contribution in [3.63, 3.8) is 0 Å². The number of rotatable bonds is 7. The number of aromatic amines is 1. The standard InChI is InChI=1S/C23H27N3O3/c1-15(2)14-29-23(28)26-21(22(27)25-19-10-6-4-8-16(19)3)12-17-13-24-20-11-7-5-9-18(17)20/h4-11,13,15,21,24H,12,14H2,1-3H3,(H,25,27)(H,26,28)/t21-/m0/s1. The number of amides is 2. The Morgan fingerprint density at radius 1 is 1.07 bits per heavy atom. The van der Waals surface area contributed by atoms with Crippen LogP contribution in [0.25, 0.3) is 10.9 Å². The number of aromatic nitrogens is 1. The van der Waals surface area contributed by atoms with E-state index < -0.39 is 12.1 Å². The van der Waals surface area contributed by atoms with Crippen LogP contribution in [0.2, 0.25) is 0 Å². The molecule has 1 aromatic heterocycles. The predicted molar refractivity (Wildman–Crippen MR) is 115 cm³/mol. The maximum absolute atomic E-state index is 13.0. The SMILES string of the molecule is Cc1ccccc1NC(=O)[C@H](Cc1c[nH]c2ccccc12)NC(=O)OCC(C)C. The third-order valence-corrected chi connectivity index (χ3v) is 4.66. The second-order valence-electron chi connectivity index (χ2n) is 7.56. The molecule has 1 heterocycles. The van der Waals surface area contributed by atoms with Gasteiger partial charge in [0.15, 0.2) is 0 Å². The molecule has 3 aromatic rings. The van der Waals surface area contributed by atoms with Gasteiger partial charge in [-0.1, -0.05) is 50.2 Å². The molecule has 0 bridgehead atoms. The van der Waals surface area contributed by atoms with Crippen molar-refractivity contribution in [2.45, 2.75) is 33.2 Å². The first-order chi connectivity index (χ1) is 13.9. The molecule has 3 rings (SSSR count). The summed E-state index contributed by atoms with van der Waals surface area (Å²) in [5.41, 5.74) is 3.62. The Morgan fingerprint density at radius 2 is 1.79 bits per heavy atom. The van der Waals surface area contributed by atoms with Crippen LogP contribution in [0.1, 0.15) is 25.0 Å². The van der Waals surface area contributed by atoms with E-state index in [1.807, 2.05) is 75.5 Å². The molecule has 0 saturated carbocycles. The number of fused-ring (bicyclic) bond motifs is 1. The summed E-state index contributed by atoms with van der Waals surface area (Å²) in [5, 5.41) is 6.68. The molecule has 0 radical (unpaired) electrons. The third-order valence-electron chi connectivity index (χ3n) is 4.66. The third kappa shape index (κ3) is 5.38. The second-order valence-corrected chi connectivity index (χ2v) is 7.56. The van der Waals surface area contributed by atoms with Crippen molar-refractivity contribution < 1.29 is 14.3 Å². The van der Waals surface area contributed by atoms with Gasteiger partial charge in [-0.25, -0.2) is 4.79 Å². The van der Waals surface area contributed by atoms with E-state index in [4.69, 9.17) is 4.74 Å². The van der Waals surface area contributed by atoms with Crippen LogP contribution < -0.4 is 10.6 Å². The zero-order valence-corrected chi connectivity index (χ0v) is 17.0. The maximum Gasteiger partial charge on any atom is 0.407 e. The number of carbonyl (C=O) groups is 2. The summed E-state index contributed by atoms with van der Waals surface area (Å²) >= 11 is 0. The highest BCUT2D eigenvalue weighted by Crippen LogP contribution is 2.20. The van der Waals surface area contributed by atoms with Gasteiger partial charge in [0.25, 0.3) is 0 Å². The lowest BCUT2D eigenvalue weighted by molar-refractivity contribution is -0.118. The highest BCUT2D eigenvalue weighted by Gasteiger charge is 2.24. The van der Waals surface area contributed by atoms with Crippen molar-refractivity contribution in [3.05, 3.63) is 65.9 Å². The largest absolute Gasteiger partial charge is 0.449 e. The molecule has 0 spiro atoms. The summed E-state index contributed by atoms with van der Waals surface area (Å²) in [4.78, 5) is 28.5. The molecule has 152 valence electrons. The van der Waals surface area contributed by atoms with Gasteiger partial charge >= 0.3 is 6.09 Å². The zero-order chi connectivity index (χ0) is 20.8. The average Bonchev–Trinajstić information content (AvgIpc) is 3.10. The van der Waals surface area contributed by atoms with Crippen molar-refractivity contribution in [1.29, 1.82) is 0 Å². The van der Waals surface area contributed by atoms with E-state index >= 15 is 0 Å². The quantitative estimate of drug-likeness (QED) is 0.556. The first-order valence-electron chi connectivity index (χ1n) is 9.79. The number of hydrogen-bond acceptors (Lipinski definition) is 3. The van der Waals surface area contributed by atoms with Crippen molar-refractivity contribution >= 4 is 28.6 Å². The van der Waals surface area contributed by atoms with Crippen LogP contribution >= 0.6 is 0 Å². The lowest BCUT2D eigenvalue weighted by atomic mass is 10.0.